The first-order valence-corrected chi connectivity index (χ1v) is 11.2. The molecule has 0 aliphatic carbocycles. The van der Waals surface area contributed by atoms with Crippen molar-refractivity contribution in [3.63, 3.8) is 0 Å². The minimum atomic E-state index is -0.561. The minimum absolute atomic E-state index is 0.104. The predicted octanol–water partition coefficient (Wildman–Crippen LogP) is 1.96. The van der Waals surface area contributed by atoms with Gasteiger partial charge in [0.2, 0.25) is 11.8 Å². The van der Waals surface area contributed by atoms with Crippen molar-refractivity contribution in [3.05, 3.63) is 71.8 Å². The second-order valence-corrected chi connectivity index (χ2v) is 8.33. The minimum Gasteiger partial charge on any atom is -0.351 e. The molecular weight excluding hydrogens is 447 g/mol. The molecule has 1 unspecified atom stereocenters. The van der Waals surface area contributed by atoms with E-state index < -0.39 is 12.1 Å². The Morgan fingerprint density at radius 2 is 1.88 bits per heavy atom. The van der Waals surface area contributed by atoms with Crippen molar-refractivity contribution in [3.8, 4) is 5.69 Å². The van der Waals surface area contributed by atoms with E-state index in [4.69, 9.17) is 0 Å². The molecule has 11 heteroatoms. The Morgan fingerprint density at radius 1 is 1.12 bits per heavy atom. The van der Waals surface area contributed by atoms with Gasteiger partial charge in [-0.15, -0.1) is 10.2 Å². The van der Waals surface area contributed by atoms with E-state index in [1.54, 1.807) is 16.7 Å². The number of rotatable bonds is 8. The number of imide groups is 1. The van der Waals surface area contributed by atoms with Gasteiger partial charge in [0.25, 0.3) is 0 Å². The molecule has 2 aromatic carbocycles. The lowest BCUT2D eigenvalue weighted by atomic mass is 10.1. The lowest BCUT2D eigenvalue weighted by Crippen LogP contribution is -2.53. The summed E-state index contributed by atoms with van der Waals surface area (Å²) >= 11 is 1.19. The van der Waals surface area contributed by atoms with Crippen LogP contribution in [-0.4, -0.2) is 44.4 Å². The van der Waals surface area contributed by atoms with Crippen LogP contribution in [0, 0.1) is 5.82 Å². The highest BCUT2D eigenvalue weighted by molar-refractivity contribution is 7.99. The molecule has 4 rings (SSSR count). The van der Waals surface area contributed by atoms with Crippen LogP contribution in [0.25, 0.3) is 5.69 Å². The fourth-order valence-corrected chi connectivity index (χ4v) is 4.17. The largest absolute Gasteiger partial charge is 0.351 e. The Bertz CT molecular complexity index is 1140. The summed E-state index contributed by atoms with van der Waals surface area (Å²) in [6.45, 7) is 0.416. The fraction of sp³-hybridized carbons (Fsp3) is 0.227. The molecule has 1 aliphatic heterocycles. The standard InChI is InChI=1S/C22H21FN6O3S/c23-15-6-8-17(9-7-15)29-18(10-16-11-19(30)26-21(32)25-16)27-28-22(29)33-13-20(31)24-12-14-4-2-1-3-5-14/h1-9,16H,10-13H2,(H,24,31)(H2,25,26,30,32). The second kappa shape index (κ2) is 10.3. The number of amides is 4. The lowest BCUT2D eigenvalue weighted by molar-refractivity contribution is -0.121. The highest BCUT2D eigenvalue weighted by Gasteiger charge is 2.27. The van der Waals surface area contributed by atoms with Crippen LogP contribution in [-0.2, 0) is 22.6 Å². The highest BCUT2D eigenvalue weighted by atomic mass is 32.2. The third-order valence-electron chi connectivity index (χ3n) is 4.90. The van der Waals surface area contributed by atoms with Crippen molar-refractivity contribution in [2.45, 2.75) is 30.6 Å². The monoisotopic (exact) mass is 468 g/mol. The molecule has 1 atom stereocenters. The van der Waals surface area contributed by atoms with Gasteiger partial charge < -0.3 is 10.6 Å². The number of hydrogen-bond acceptors (Lipinski definition) is 6. The number of benzene rings is 2. The molecule has 0 spiro atoms. The van der Waals surface area contributed by atoms with Gasteiger partial charge in [0.05, 0.1) is 5.75 Å². The first-order valence-electron chi connectivity index (χ1n) is 10.2. The molecule has 0 saturated carbocycles. The van der Waals surface area contributed by atoms with Gasteiger partial charge in [-0.1, -0.05) is 42.1 Å². The maximum atomic E-state index is 13.5. The normalized spacial score (nSPS) is 15.6. The molecule has 1 aliphatic rings. The van der Waals surface area contributed by atoms with Gasteiger partial charge in [-0.3, -0.25) is 19.5 Å². The summed E-state index contributed by atoms with van der Waals surface area (Å²) in [4.78, 5) is 35.7. The summed E-state index contributed by atoms with van der Waals surface area (Å²) < 4.78 is 15.2. The summed E-state index contributed by atoms with van der Waals surface area (Å²) in [5.41, 5.74) is 1.60. The Balaban J connectivity index is 1.48. The van der Waals surface area contributed by atoms with Crippen molar-refractivity contribution < 1.29 is 18.8 Å². The zero-order valence-electron chi connectivity index (χ0n) is 17.5. The smallest absolute Gasteiger partial charge is 0.321 e. The Morgan fingerprint density at radius 3 is 2.61 bits per heavy atom. The number of hydrogen-bond donors (Lipinski definition) is 3. The molecule has 0 radical (unpaired) electrons. The zero-order valence-corrected chi connectivity index (χ0v) is 18.3. The van der Waals surface area contributed by atoms with Crippen LogP contribution in [0.3, 0.4) is 0 Å². The average molecular weight is 469 g/mol. The summed E-state index contributed by atoms with van der Waals surface area (Å²) in [6.07, 6.45) is 0.344. The van der Waals surface area contributed by atoms with Crippen molar-refractivity contribution in [2.75, 3.05) is 5.75 Å². The number of carbonyl (C=O) groups is 3. The molecule has 3 aromatic rings. The van der Waals surface area contributed by atoms with Crippen LogP contribution in [0.2, 0.25) is 0 Å². The fourth-order valence-electron chi connectivity index (χ4n) is 3.37. The van der Waals surface area contributed by atoms with Gasteiger partial charge in [0, 0.05) is 31.1 Å². The van der Waals surface area contributed by atoms with E-state index in [2.05, 4.69) is 26.1 Å². The van der Waals surface area contributed by atoms with Crippen LogP contribution in [0.5, 0.6) is 0 Å². The third kappa shape index (κ3) is 5.95. The van der Waals surface area contributed by atoms with Crippen LogP contribution in [0.4, 0.5) is 9.18 Å². The summed E-state index contributed by atoms with van der Waals surface area (Å²) in [5, 5.41) is 16.6. The number of thioether (sulfide) groups is 1. The van der Waals surface area contributed by atoms with Crippen LogP contribution in [0.1, 0.15) is 17.8 Å². The van der Waals surface area contributed by atoms with Gasteiger partial charge in [-0.2, -0.15) is 0 Å². The first-order chi connectivity index (χ1) is 16.0. The highest BCUT2D eigenvalue weighted by Crippen LogP contribution is 2.23. The number of nitrogens with zero attached hydrogens (tertiary/aromatic N) is 3. The van der Waals surface area contributed by atoms with E-state index in [1.165, 1.54) is 23.9 Å². The van der Waals surface area contributed by atoms with E-state index in [-0.39, 0.29) is 36.2 Å². The number of urea groups is 1. The van der Waals surface area contributed by atoms with E-state index >= 15 is 0 Å². The number of carbonyl (C=O) groups excluding carboxylic acids is 3. The molecule has 9 nitrogen and oxygen atoms in total. The number of aromatic nitrogens is 3. The van der Waals surface area contributed by atoms with Crippen molar-refractivity contribution in [2.24, 2.45) is 0 Å². The zero-order chi connectivity index (χ0) is 23.2. The Hall–Kier alpha value is -3.73. The average Bonchev–Trinajstić information content (AvgIpc) is 3.19. The molecule has 3 N–H and O–H groups in total. The molecule has 2 heterocycles. The molecule has 33 heavy (non-hydrogen) atoms. The van der Waals surface area contributed by atoms with E-state index in [1.807, 2.05) is 30.3 Å². The van der Waals surface area contributed by atoms with Crippen molar-refractivity contribution in [1.82, 2.24) is 30.7 Å². The quantitative estimate of drug-likeness (QED) is 0.435. The van der Waals surface area contributed by atoms with E-state index in [9.17, 15) is 18.8 Å². The van der Waals surface area contributed by atoms with E-state index in [0.717, 1.165) is 5.56 Å². The Kier molecular flexibility index (Phi) is 6.98. The molecule has 1 fully saturated rings. The number of nitrogens with one attached hydrogen (secondary N) is 3. The molecule has 1 aromatic heterocycles. The van der Waals surface area contributed by atoms with Gasteiger partial charge in [0.15, 0.2) is 5.16 Å². The van der Waals surface area contributed by atoms with E-state index in [0.29, 0.717) is 23.2 Å². The Labute approximate surface area is 193 Å². The molecule has 1 saturated heterocycles. The maximum Gasteiger partial charge on any atom is 0.321 e. The van der Waals surface area contributed by atoms with Gasteiger partial charge in [0.1, 0.15) is 11.6 Å². The number of halogens is 1. The van der Waals surface area contributed by atoms with Crippen LogP contribution >= 0.6 is 11.8 Å². The van der Waals surface area contributed by atoms with Gasteiger partial charge >= 0.3 is 6.03 Å². The molecule has 170 valence electrons. The predicted molar refractivity (Wildman–Crippen MR) is 119 cm³/mol. The molecule has 4 amide bonds. The van der Waals surface area contributed by atoms with Gasteiger partial charge in [-0.25, -0.2) is 9.18 Å². The lowest BCUT2D eigenvalue weighted by Gasteiger charge is -2.23. The first kappa shape index (κ1) is 22.5. The maximum absolute atomic E-state index is 13.5. The summed E-state index contributed by atoms with van der Waals surface area (Å²) in [5.74, 6) is -0.348. The third-order valence-corrected chi connectivity index (χ3v) is 5.83. The molecular formula is C22H21FN6O3S. The van der Waals surface area contributed by atoms with Crippen molar-refractivity contribution >= 4 is 29.6 Å². The summed E-state index contributed by atoms with van der Waals surface area (Å²) in [6, 6.07) is 14.3. The second-order valence-electron chi connectivity index (χ2n) is 7.39. The summed E-state index contributed by atoms with van der Waals surface area (Å²) in [7, 11) is 0. The topological polar surface area (TPSA) is 118 Å². The van der Waals surface area contributed by atoms with Crippen LogP contribution in [0.15, 0.2) is 59.8 Å². The van der Waals surface area contributed by atoms with Gasteiger partial charge in [-0.05, 0) is 29.8 Å². The van der Waals surface area contributed by atoms with Crippen LogP contribution < -0.4 is 16.0 Å². The SMILES string of the molecule is O=C(CSc1nnc(CC2CC(=O)NC(=O)N2)n1-c1ccc(F)cc1)NCc1ccccc1. The van der Waals surface area contributed by atoms with Crippen molar-refractivity contribution in [1.29, 1.82) is 0 Å². The molecule has 0 bridgehead atoms.